The summed E-state index contributed by atoms with van der Waals surface area (Å²) in [7, 11) is 1.69. The third-order valence-corrected chi connectivity index (χ3v) is 5.81. The van der Waals surface area contributed by atoms with Crippen LogP contribution < -0.4 is 4.74 Å². The Kier molecular flexibility index (Phi) is 4.75. The van der Waals surface area contributed by atoms with Crippen molar-refractivity contribution in [2.75, 3.05) is 20.3 Å². The van der Waals surface area contributed by atoms with Gasteiger partial charge in [0.2, 0.25) is 5.89 Å². The zero-order valence-electron chi connectivity index (χ0n) is 14.9. The van der Waals surface area contributed by atoms with E-state index in [2.05, 4.69) is 17.3 Å². The highest BCUT2D eigenvalue weighted by Gasteiger charge is 2.42. The van der Waals surface area contributed by atoms with E-state index in [4.69, 9.17) is 19.0 Å². The van der Waals surface area contributed by atoms with Crippen LogP contribution in [-0.4, -0.2) is 30.5 Å². The molecule has 2 heterocycles. The Morgan fingerprint density at radius 2 is 1.76 bits per heavy atom. The van der Waals surface area contributed by atoms with E-state index in [1.807, 2.05) is 12.1 Å². The Bertz CT molecular complexity index is 683. The Morgan fingerprint density at radius 3 is 2.44 bits per heavy atom. The van der Waals surface area contributed by atoms with E-state index in [1.165, 1.54) is 37.7 Å². The molecular formula is C20H26N2O3. The highest BCUT2D eigenvalue weighted by atomic mass is 16.5. The first-order valence-electron chi connectivity index (χ1n) is 9.38. The van der Waals surface area contributed by atoms with Gasteiger partial charge in [-0.2, -0.15) is 4.98 Å². The van der Waals surface area contributed by atoms with Crippen LogP contribution in [0.1, 0.15) is 68.1 Å². The molecule has 1 aromatic heterocycles. The highest BCUT2D eigenvalue weighted by molar-refractivity contribution is 5.37. The minimum atomic E-state index is -0.246. The molecule has 1 aliphatic carbocycles. The first-order chi connectivity index (χ1) is 12.3. The van der Waals surface area contributed by atoms with Gasteiger partial charge in [-0.05, 0) is 43.4 Å². The molecule has 134 valence electrons. The minimum absolute atomic E-state index is 0.246. The van der Waals surface area contributed by atoms with Crippen LogP contribution in [0.4, 0.5) is 0 Å². The van der Waals surface area contributed by atoms with Crippen molar-refractivity contribution in [3.05, 3.63) is 41.5 Å². The van der Waals surface area contributed by atoms with Crippen molar-refractivity contribution in [2.24, 2.45) is 0 Å². The number of aromatic nitrogens is 2. The average molecular weight is 342 g/mol. The van der Waals surface area contributed by atoms with Gasteiger partial charge in [0.15, 0.2) is 5.82 Å². The number of rotatable bonds is 4. The number of hydrogen-bond acceptors (Lipinski definition) is 5. The van der Waals surface area contributed by atoms with E-state index < -0.39 is 0 Å². The molecule has 4 rings (SSSR count). The van der Waals surface area contributed by atoms with Crippen LogP contribution in [0, 0.1) is 0 Å². The van der Waals surface area contributed by atoms with E-state index >= 15 is 0 Å². The molecule has 0 unspecified atom stereocenters. The Balaban J connectivity index is 1.67. The molecule has 0 radical (unpaired) electrons. The van der Waals surface area contributed by atoms with E-state index in [0.717, 1.165) is 30.3 Å². The lowest BCUT2D eigenvalue weighted by Crippen LogP contribution is -2.35. The summed E-state index contributed by atoms with van der Waals surface area (Å²) in [6, 6.07) is 8.25. The number of methoxy groups -OCH3 is 1. The second-order valence-electron chi connectivity index (χ2n) is 7.22. The fraction of sp³-hybridized carbons (Fsp3) is 0.600. The number of nitrogens with zero attached hydrogens (tertiary/aromatic N) is 2. The number of ether oxygens (including phenoxy) is 2. The largest absolute Gasteiger partial charge is 0.497 e. The van der Waals surface area contributed by atoms with Gasteiger partial charge in [0.05, 0.1) is 12.5 Å². The Morgan fingerprint density at radius 1 is 1.04 bits per heavy atom. The van der Waals surface area contributed by atoms with Gasteiger partial charge in [0.1, 0.15) is 5.75 Å². The first-order valence-corrected chi connectivity index (χ1v) is 9.38. The SMILES string of the molecule is COc1ccc(C2(c3nc(C4CCCCC4)no3)CCOCC2)cc1. The van der Waals surface area contributed by atoms with Crippen LogP contribution in [-0.2, 0) is 10.2 Å². The molecule has 2 aliphatic rings. The second-order valence-corrected chi connectivity index (χ2v) is 7.22. The molecule has 1 saturated carbocycles. The molecule has 0 spiro atoms. The number of benzene rings is 1. The van der Waals surface area contributed by atoms with Gasteiger partial charge in [-0.1, -0.05) is 36.6 Å². The van der Waals surface area contributed by atoms with Gasteiger partial charge in [-0.3, -0.25) is 0 Å². The van der Waals surface area contributed by atoms with Crippen LogP contribution in [0.2, 0.25) is 0 Å². The zero-order valence-corrected chi connectivity index (χ0v) is 14.9. The molecule has 5 nitrogen and oxygen atoms in total. The summed E-state index contributed by atoms with van der Waals surface area (Å²) in [6.07, 6.45) is 7.96. The Hall–Kier alpha value is -1.88. The van der Waals surface area contributed by atoms with Crippen molar-refractivity contribution in [1.29, 1.82) is 0 Å². The summed E-state index contributed by atoms with van der Waals surface area (Å²) in [4.78, 5) is 4.88. The summed E-state index contributed by atoms with van der Waals surface area (Å²) in [5.41, 5.74) is 0.959. The molecule has 2 fully saturated rings. The molecule has 0 atom stereocenters. The molecule has 1 aromatic carbocycles. The fourth-order valence-electron chi connectivity index (χ4n) is 4.21. The van der Waals surface area contributed by atoms with Crippen LogP contribution >= 0.6 is 0 Å². The molecule has 25 heavy (non-hydrogen) atoms. The average Bonchev–Trinajstić information content (AvgIpc) is 3.20. The lowest BCUT2D eigenvalue weighted by atomic mass is 9.74. The van der Waals surface area contributed by atoms with Gasteiger partial charge in [-0.15, -0.1) is 0 Å². The maximum atomic E-state index is 5.82. The molecule has 5 heteroatoms. The summed E-state index contributed by atoms with van der Waals surface area (Å²) in [6.45, 7) is 1.43. The van der Waals surface area contributed by atoms with Crippen molar-refractivity contribution in [1.82, 2.24) is 10.1 Å². The summed E-state index contributed by atoms with van der Waals surface area (Å²) in [5.74, 6) is 2.97. The zero-order chi connectivity index (χ0) is 17.1. The van der Waals surface area contributed by atoms with Crippen molar-refractivity contribution < 1.29 is 14.0 Å². The van der Waals surface area contributed by atoms with Crippen molar-refractivity contribution in [2.45, 2.75) is 56.3 Å². The normalized spacial score (nSPS) is 21.2. The van der Waals surface area contributed by atoms with E-state index in [0.29, 0.717) is 19.1 Å². The van der Waals surface area contributed by atoms with E-state index in [-0.39, 0.29) is 5.41 Å². The van der Waals surface area contributed by atoms with Gasteiger partial charge in [-0.25, -0.2) is 0 Å². The first kappa shape index (κ1) is 16.6. The predicted octanol–water partition coefficient (Wildman–Crippen LogP) is 4.22. The molecule has 1 saturated heterocycles. The molecule has 2 aromatic rings. The monoisotopic (exact) mass is 342 g/mol. The van der Waals surface area contributed by atoms with Crippen molar-refractivity contribution in [3.63, 3.8) is 0 Å². The molecule has 0 N–H and O–H groups in total. The van der Waals surface area contributed by atoms with E-state index in [1.54, 1.807) is 7.11 Å². The smallest absolute Gasteiger partial charge is 0.237 e. The molecule has 0 bridgehead atoms. The standard InChI is InChI=1S/C20H26N2O3/c1-23-17-9-7-16(8-10-17)20(11-13-24-14-12-20)19-21-18(22-25-19)15-5-3-2-4-6-15/h7-10,15H,2-6,11-14H2,1H3. The van der Waals surface area contributed by atoms with Crippen LogP contribution in [0.5, 0.6) is 5.75 Å². The topological polar surface area (TPSA) is 57.4 Å². The van der Waals surface area contributed by atoms with Gasteiger partial charge >= 0.3 is 0 Å². The molecular weight excluding hydrogens is 316 g/mol. The summed E-state index contributed by atoms with van der Waals surface area (Å²) >= 11 is 0. The van der Waals surface area contributed by atoms with E-state index in [9.17, 15) is 0 Å². The minimum Gasteiger partial charge on any atom is -0.497 e. The highest BCUT2D eigenvalue weighted by Crippen LogP contribution is 2.42. The third-order valence-electron chi connectivity index (χ3n) is 5.81. The molecule has 0 amide bonds. The van der Waals surface area contributed by atoms with Crippen LogP contribution in [0.25, 0.3) is 0 Å². The quantitative estimate of drug-likeness (QED) is 0.832. The molecule has 1 aliphatic heterocycles. The second kappa shape index (κ2) is 7.16. The lowest BCUT2D eigenvalue weighted by Gasteiger charge is -2.34. The maximum Gasteiger partial charge on any atom is 0.237 e. The van der Waals surface area contributed by atoms with Gasteiger partial charge in [0.25, 0.3) is 0 Å². The third kappa shape index (κ3) is 3.17. The lowest BCUT2D eigenvalue weighted by molar-refractivity contribution is 0.0523. The van der Waals surface area contributed by atoms with Crippen LogP contribution in [0.3, 0.4) is 0 Å². The van der Waals surface area contributed by atoms with Gasteiger partial charge < -0.3 is 14.0 Å². The van der Waals surface area contributed by atoms with Crippen molar-refractivity contribution >= 4 is 0 Å². The Labute approximate surface area is 148 Å². The van der Waals surface area contributed by atoms with Gasteiger partial charge in [0, 0.05) is 19.1 Å². The summed E-state index contributed by atoms with van der Waals surface area (Å²) < 4.78 is 16.7. The maximum absolute atomic E-state index is 5.82. The van der Waals surface area contributed by atoms with Crippen molar-refractivity contribution in [3.8, 4) is 5.75 Å². The summed E-state index contributed by atoms with van der Waals surface area (Å²) in [5, 5.41) is 4.37. The fourth-order valence-corrected chi connectivity index (χ4v) is 4.21. The number of hydrogen-bond donors (Lipinski definition) is 0. The predicted molar refractivity (Wildman–Crippen MR) is 94.0 cm³/mol. The van der Waals surface area contributed by atoms with Crippen LogP contribution in [0.15, 0.2) is 28.8 Å².